The van der Waals surface area contributed by atoms with E-state index in [4.69, 9.17) is 5.41 Å². The van der Waals surface area contributed by atoms with E-state index in [0.717, 1.165) is 22.5 Å². The molecule has 0 unspecified atom stereocenters. The predicted octanol–water partition coefficient (Wildman–Crippen LogP) is 2.71. The predicted molar refractivity (Wildman–Crippen MR) is 117 cm³/mol. The molecule has 32 heavy (non-hydrogen) atoms. The van der Waals surface area contributed by atoms with Crippen molar-refractivity contribution in [3.63, 3.8) is 0 Å². The third-order valence-corrected chi connectivity index (χ3v) is 5.25. The first kappa shape index (κ1) is 23.0. The molecule has 1 aromatic heterocycles. The van der Waals surface area contributed by atoms with Gasteiger partial charge in [-0.05, 0) is 42.3 Å². The Kier molecular flexibility index (Phi) is 7.61. The number of thiazole rings is 1. The van der Waals surface area contributed by atoms with E-state index in [0.29, 0.717) is 5.69 Å². The Morgan fingerprint density at radius 1 is 0.969 bits per heavy atom. The quantitative estimate of drug-likeness (QED) is 0.453. The van der Waals surface area contributed by atoms with E-state index in [2.05, 4.69) is 15.7 Å². The molecule has 3 aromatic rings. The normalized spacial score (nSPS) is 11.3. The first-order valence-electron chi connectivity index (χ1n) is 9.65. The number of aromatic nitrogens is 1. The van der Waals surface area contributed by atoms with Gasteiger partial charge in [-0.25, -0.2) is 13.5 Å². The molecule has 0 fully saturated rings. The van der Waals surface area contributed by atoms with Crippen LogP contribution in [0.15, 0.2) is 59.0 Å². The molecule has 1 heterocycles. The summed E-state index contributed by atoms with van der Waals surface area (Å²) in [7, 11) is 0. The standard InChI is InChI=1S/C22H21F2N5O2S/c1-14(21(31)27-12-16-4-8-18(24)9-5-16)28-29-19(13-32-22(29)25)10-20(30)26-11-15-2-6-17(23)7-3-15/h2-9,13,25H,10-12H2,1H3,(H,26,30)(H,27,31)/b25-22?,28-14+. The van der Waals surface area contributed by atoms with E-state index in [1.807, 2.05) is 0 Å². The molecule has 166 valence electrons. The lowest BCUT2D eigenvalue weighted by Gasteiger charge is -2.08. The topological polar surface area (TPSA) is 99.3 Å². The summed E-state index contributed by atoms with van der Waals surface area (Å²) in [6.07, 6.45) is -0.0371. The lowest BCUT2D eigenvalue weighted by molar-refractivity contribution is -0.120. The zero-order valence-corrected chi connectivity index (χ0v) is 18.0. The Balaban J connectivity index is 1.60. The summed E-state index contributed by atoms with van der Waals surface area (Å²) in [5, 5.41) is 19.3. The molecule has 10 heteroatoms. The van der Waals surface area contributed by atoms with Gasteiger partial charge >= 0.3 is 0 Å². The highest BCUT2D eigenvalue weighted by Gasteiger charge is 2.12. The molecule has 0 aliphatic carbocycles. The molecule has 3 rings (SSSR count). The van der Waals surface area contributed by atoms with Gasteiger partial charge in [0.05, 0.1) is 12.1 Å². The smallest absolute Gasteiger partial charge is 0.267 e. The molecule has 0 saturated heterocycles. The maximum Gasteiger partial charge on any atom is 0.267 e. The summed E-state index contributed by atoms with van der Waals surface area (Å²) < 4.78 is 27.2. The molecule has 0 aliphatic heterocycles. The number of benzene rings is 2. The Morgan fingerprint density at radius 3 is 2.06 bits per heavy atom. The van der Waals surface area contributed by atoms with Crippen molar-refractivity contribution in [2.75, 3.05) is 0 Å². The first-order valence-corrected chi connectivity index (χ1v) is 10.5. The largest absolute Gasteiger partial charge is 0.352 e. The van der Waals surface area contributed by atoms with Gasteiger partial charge in [0.1, 0.15) is 17.3 Å². The first-order chi connectivity index (χ1) is 15.3. The number of amides is 2. The van der Waals surface area contributed by atoms with Crippen LogP contribution in [0.4, 0.5) is 8.78 Å². The van der Waals surface area contributed by atoms with Crippen LogP contribution in [-0.2, 0) is 29.1 Å². The number of hydrogen-bond acceptors (Lipinski definition) is 5. The Bertz CT molecular complexity index is 1180. The average molecular weight is 458 g/mol. The Morgan fingerprint density at radius 2 is 1.50 bits per heavy atom. The highest BCUT2D eigenvalue weighted by Crippen LogP contribution is 2.06. The van der Waals surface area contributed by atoms with Gasteiger partial charge in [-0.15, -0.1) is 11.3 Å². The molecule has 2 amide bonds. The SMILES string of the molecule is C/C(=N\n1c(CC(=O)NCc2ccc(F)cc2)csc1=N)C(=O)NCc1ccc(F)cc1. The second-order valence-electron chi connectivity index (χ2n) is 6.92. The molecule has 0 saturated carbocycles. The summed E-state index contributed by atoms with van der Waals surface area (Å²) in [6, 6.07) is 11.6. The zero-order valence-electron chi connectivity index (χ0n) is 17.2. The summed E-state index contributed by atoms with van der Waals surface area (Å²) >= 11 is 1.09. The highest BCUT2D eigenvalue weighted by atomic mass is 32.1. The van der Waals surface area contributed by atoms with E-state index in [-0.39, 0.29) is 47.6 Å². The van der Waals surface area contributed by atoms with Crippen LogP contribution < -0.4 is 15.4 Å². The molecule has 0 spiro atoms. The summed E-state index contributed by atoms with van der Waals surface area (Å²) in [6.45, 7) is 1.94. The van der Waals surface area contributed by atoms with E-state index >= 15 is 0 Å². The average Bonchev–Trinajstić information content (AvgIpc) is 3.11. The van der Waals surface area contributed by atoms with Gasteiger partial charge in [-0.3, -0.25) is 15.0 Å². The fraction of sp³-hybridized carbons (Fsp3) is 0.182. The Labute approximate surface area is 186 Å². The third kappa shape index (κ3) is 6.42. The fourth-order valence-corrected chi connectivity index (χ4v) is 3.41. The highest BCUT2D eigenvalue weighted by molar-refractivity contribution is 7.07. The van der Waals surface area contributed by atoms with Crippen molar-refractivity contribution < 1.29 is 18.4 Å². The fourth-order valence-electron chi connectivity index (χ4n) is 2.72. The van der Waals surface area contributed by atoms with E-state index in [9.17, 15) is 18.4 Å². The molecule has 7 nitrogen and oxygen atoms in total. The van der Waals surface area contributed by atoms with E-state index < -0.39 is 5.91 Å². The second-order valence-corrected chi connectivity index (χ2v) is 7.78. The third-order valence-electron chi connectivity index (χ3n) is 4.46. The van der Waals surface area contributed by atoms with Crippen molar-refractivity contribution in [1.82, 2.24) is 15.3 Å². The van der Waals surface area contributed by atoms with Gasteiger partial charge in [-0.1, -0.05) is 24.3 Å². The van der Waals surface area contributed by atoms with Gasteiger partial charge < -0.3 is 10.6 Å². The monoisotopic (exact) mass is 457 g/mol. The maximum atomic E-state index is 13.0. The summed E-state index contributed by atoms with van der Waals surface area (Å²) in [5.74, 6) is -1.45. The molecule has 3 N–H and O–H groups in total. The molecule has 0 radical (unpaired) electrons. The minimum atomic E-state index is -0.445. The van der Waals surface area contributed by atoms with E-state index in [1.165, 1.54) is 35.9 Å². The molecule has 2 aromatic carbocycles. The number of carbonyl (C=O) groups is 2. The van der Waals surface area contributed by atoms with Crippen molar-refractivity contribution in [3.05, 3.63) is 87.2 Å². The summed E-state index contributed by atoms with van der Waals surface area (Å²) in [5.41, 5.74) is 2.06. The van der Waals surface area contributed by atoms with Crippen LogP contribution in [0.3, 0.4) is 0 Å². The van der Waals surface area contributed by atoms with Crippen LogP contribution in [0, 0.1) is 17.0 Å². The molecular formula is C22H21F2N5O2S. The van der Waals surface area contributed by atoms with Crippen LogP contribution in [0.1, 0.15) is 23.7 Å². The molecule has 0 bridgehead atoms. The van der Waals surface area contributed by atoms with Gasteiger partial charge in [0.25, 0.3) is 5.91 Å². The van der Waals surface area contributed by atoms with Crippen LogP contribution in [-0.4, -0.2) is 22.2 Å². The van der Waals surface area contributed by atoms with Gasteiger partial charge in [-0.2, -0.15) is 5.10 Å². The van der Waals surface area contributed by atoms with Crippen LogP contribution >= 0.6 is 11.3 Å². The van der Waals surface area contributed by atoms with Crippen molar-refractivity contribution in [1.29, 1.82) is 5.41 Å². The van der Waals surface area contributed by atoms with Gasteiger partial charge in [0.2, 0.25) is 10.7 Å². The number of nitrogens with one attached hydrogen (secondary N) is 3. The number of halogens is 2. The summed E-state index contributed by atoms with van der Waals surface area (Å²) in [4.78, 5) is 24.7. The number of hydrogen-bond donors (Lipinski definition) is 3. The molecule has 0 aliphatic rings. The van der Waals surface area contributed by atoms with Gasteiger partial charge in [0.15, 0.2) is 0 Å². The van der Waals surface area contributed by atoms with E-state index in [1.54, 1.807) is 29.6 Å². The second kappa shape index (κ2) is 10.6. The minimum Gasteiger partial charge on any atom is -0.352 e. The van der Waals surface area contributed by atoms with Crippen LogP contribution in [0.2, 0.25) is 0 Å². The molecular weight excluding hydrogens is 436 g/mol. The van der Waals surface area contributed by atoms with Crippen LogP contribution in [0.25, 0.3) is 0 Å². The zero-order chi connectivity index (χ0) is 23.1. The lowest BCUT2D eigenvalue weighted by Crippen LogP contribution is -2.31. The molecule has 0 atom stereocenters. The number of nitrogens with zero attached hydrogens (tertiary/aromatic N) is 2. The Hall–Kier alpha value is -3.66. The van der Waals surface area contributed by atoms with Gasteiger partial charge in [0, 0.05) is 18.5 Å². The maximum absolute atomic E-state index is 13.0. The van der Waals surface area contributed by atoms with Crippen LogP contribution in [0.5, 0.6) is 0 Å². The number of carbonyl (C=O) groups excluding carboxylic acids is 2. The van der Waals surface area contributed by atoms with Crippen molar-refractivity contribution in [2.24, 2.45) is 5.10 Å². The van der Waals surface area contributed by atoms with Crippen molar-refractivity contribution in [3.8, 4) is 0 Å². The number of rotatable bonds is 8. The van der Waals surface area contributed by atoms with Crippen molar-refractivity contribution >= 4 is 28.9 Å². The van der Waals surface area contributed by atoms with Crippen molar-refractivity contribution in [2.45, 2.75) is 26.4 Å². The minimum absolute atomic E-state index is 0.0371. The lowest BCUT2D eigenvalue weighted by atomic mass is 10.2.